The van der Waals surface area contributed by atoms with Gasteiger partial charge in [-0.25, -0.2) is 17.8 Å². The molecule has 28 heavy (non-hydrogen) atoms. The molecule has 0 amide bonds. The third-order valence-electron chi connectivity index (χ3n) is 5.00. The molecule has 1 aliphatic carbocycles. The summed E-state index contributed by atoms with van der Waals surface area (Å²) in [4.78, 5) is 0.201. The summed E-state index contributed by atoms with van der Waals surface area (Å²) < 4.78 is 35.0. The molecule has 146 valence electrons. The smallest absolute Gasteiger partial charge is 0.240 e. The summed E-state index contributed by atoms with van der Waals surface area (Å²) >= 11 is 0. The van der Waals surface area contributed by atoms with Crippen LogP contribution in [0.1, 0.15) is 17.9 Å². The van der Waals surface area contributed by atoms with E-state index in [1.807, 2.05) is 18.2 Å². The molecule has 8 nitrogen and oxygen atoms in total. The fraction of sp³-hybridized carbons (Fsp3) is 0.316. The number of rotatable bonds is 7. The number of sulfonamides is 1. The number of nitrogens with zero attached hydrogens (tertiary/aromatic N) is 4. The Balaban J connectivity index is 1.44. The number of ether oxygens (including phenoxy) is 1. The molecule has 0 radical (unpaired) electrons. The summed E-state index contributed by atoms with van der Waals surface area (Å²) in [5.74, 6) is 1.97. The van der Waals surface area contributed by atoms with Crippen molar-refractivity contribution in [2.75, 3.05) is 13.7 Å². The maximum absolute atomic E-state index is 12.7. The van der Waals surface area contributed by atoms with Crippen LogP contribution in [0.25, 0.3) is 11.4 Å². The van der Waals surface area contributed by atoms with E-state index in [0.29, 0.717) is 23.9 Å². The maximum Gasteiger partial charge on any atom is 0.240 e. The second-order valence-electron chi connectivity index (χ2n) is 6.88. The van der Waals surface area contributed by atoms with Gasteiger partial charge in [-0.2, -0.15) is 0 Å². The van der Waals surface area contributed by atoms with Gasteiger partial charge in [0.25, 0.3) is 0 Å². The average Bonchev–Trinajstić information content (AvgIpc) is 3.38. The van der Waals surface area contributed by atoms with Crippen LogP contribution >= 0.6 is 0 Å². The highest BCUT2D eigenvalue weighted by Crippen LogP contribution is 2.47. The standard InChI is InChI=1S/C19H21N5O3S/c1-24-19(21-22-23-24)14-6-4-8-17(10-14)28(25,26)20-12-15-11-18(15)13-5-3-7-16(9-13)27-2/h3-10,15,18,20H,11-12H2,1-2H3/t15-,18-/m0/s1. The first-order valence-electron chi connectivity index (χ1n) is 8.94. The third-order valence-corrected chi connectivity index (χ3v) is 6.42. The SMILES string of the molecule is COc1cccc([C@@H]2C[C@H]2CNS(=O)(=O)c2cccc(-c3nnnn3C)c2)c1. The van der Waals surface area contributed by atoms with Crippen LogP contribution in [0.15, 0.2) is 53.4 Å². The number of aryl methyl sites for hydroxylation is 1. The zero-order valence-corrected chi connectivity index (χ0v) is 16.4. The highest BCUT2D eigenvalue weighted by Gasteiger charge is 2.39. The molecular formula is C19H21N5O3S. The average molecular weight is 399 g/mol. The van der Waals surface area contributed by atoms with Crippen LogP contribution in [0.5, 0.6) is 5.75 Å². The van der Waals surface area contributed by atoms with Crippen molar-refractivity contribution >= 4 is 10.0 Å². The van der Waals surface area contributed by atoms with Gasteiger partial charge in [0.05, 0.1) is 12.0 Å². The molecular weight excluding hydrogens is 378 g/mol. The normalized spacial score (nSPS) is 18.8. The molecule has 0 unspecified atom stereocenters. The van der Waals surface area contributed by atoms with Gasteiger partial charge in [0.2, 0.25) is 10.0 Å². The first-order valence-corrected chi connectivity index (χ1v) is 10.4. The van der Waals surface area contributed by atoms with E-state index in [4.69, 9.17) is 4.74 Å². The lowest BCUT2D eigenvalue weighted by Gasteiger charge is -2.08. The van der Waals surface area contributed by atoms with Crippen molar-refractivity contribution in [1.82, 2.24) is 24.9 Å². The van der Waals surface area contributed by atoms with Crippen molar-refractivity contribution in [2.45, 2.75) is 17.2 Å². The molecule has 1 N–H and O–H groups in total. The molecule has 0 bridgehead atoms. The molecule has 1 saturated carbocycles. The van der Waals surface area contributed by atoms with Crippen molar-refractivity contribution in [1.29, 1.82) is 0 Å². The summed E-state index contributed by atoms with van der Waals surface area (Å²) in [5.41, 5.74) is 1.83. The molecule has 4 rings (SSSR count). The number of nitrogens with one attached hydrogen (secondary N) is 1. The summed E-state index contributed by atoms with van der Waals surface area (Å²) in [6.07, 6.45) is 0.959. The summed E-state index contributed by atoms with van der Waals surface area (Å²) in [6.45, 7) is 0.403. The van der Waals surface area contributed by atoms with Crippen LogP contribution in [-0.2, 0) is 17.1 Å². The van der Waals surface area contributed by atoms with Crippen LogP contribution in [0.2, 0.25) is 0 Å². The summed E-state index contributed by atoms with van der Waals surface area (Å²) in [5, 5.41) is 11.3. The van der Waals surface area contributed by atoms with Crippen molar-refractivity contribution in [2.24, 2.45) is 13.0 Å². The number of benzene rings is 2. The van der Waals surface area contributed by atoms with Crippen LogP contribution in [-0.4, -0.2) is 42.3 Å². The Morgan fingerprint density at radius 1 is 1.21 bits per heavy atom. The molecule has 0 spiro atoms. The highest BCUT2D eigenvalue weighted by molar-refractivity contribution is 7.89. The van der Waals surface area contributed by atoms with Crippen LogP contribution in [0.3, 0.4) is 0 Å². The Labute approximate surface area is 163 Å². The summed E-state index contributed by atoms with van der Waals surface area (Å²) in [6, 6.07) is 14.6. The molecule has 3 aromatic rings. The van der Waals surface area contributed by atoms with Crippen LogP contribution < -0.4 is 9.46 Å². The molecule has 1 fully saturated rings. The number of methoxy groups -OCH3 is 1. The fourth-order valence-corrected chi connectivity index (χ4v) is 4.47. The minimum absolute atomic E-state index is 0.201. The summed E-state index contributed by atoms with van der Waals surface area (Å²) in [7, 11) is -0.262. The van der Waals surface area contributed by atoms with Gasteiger partial charge in [0.1, 0.15) is 5.75 Å². The van der Waals surface area contributed by atoms with E-state index in [1.54, 1.807) is 38.4 Å². The minimum atomic E-state index is -3.61. The fourth-order valence-electron chi connectivity index (χ4n) is 3.33. The first-order chi connectivity index (χ1) is 13.5. The molecule has 9 heteroatoms. The van der Waals surface area contributed by atoms with E-state index < -0.39 is 10.0 Å². The molecule has 2 aromatic carbocycles. The Hall–Kier alpha value is -2.78. The zero-order valence-electron chi connectivity index (χ0n) is 15.6. The lowest BCUT2D eigenvalue weighted by molar-refractivity contribution is 0.414. The molecule has 1 heterocycles. The van der Waals surface area contributed by atoms with Crippen LogP contribution in [0, 0.1) is 5.92 Å². The largest absolute Gasteiger partial charge is 0.497 e. The van der Waals surface area contributed by atoms with Crippen LogP contribution in [0.4, 0.5) is 0 Å². The molecule has 1 aliphatic rings. The molecule has 0 saturated heterocycles. The number of hydrogen-bond donors (Lipinski definition) is 1. The van der Waals surface area contributed by atoms with Crippen molar-refractivity contribution < 1.29 is 13.2 Å². The number of hydrogen-bond acceptors (Lipinski definition) is 6. The van der Waals surface area contributed by atoms with Gasteiger partial charge < -0.3 is 4.74 Å². The minimum Gasteiger partial charge on any atom is -0.497 e. The van der Waals surface area contributed by atoms with E-state index >= 15 is 0 Å². The van der Waals surface area contributed by atoms with Gasteiger partial charge in [-0.15, -0.1) is 5.10 Å². The monoisotopic (exact) mass is 399 g/mol. The van der Waals surface area contributed by atoms with E-state index in [0.717, 1.165) is 12.2 Å². The topological polar surface area (TPSA) is 99.0 Å². The zero-order chi connectivity index (χ0) is 19.7. The number of tetrazole rings is 1. The van der Waals surface area contributed by atoms with Gasteiger partial charge in [0, 0.05) is 19.2 Å². The Kier molecular flexibility index (Phi) is 4.86. The Morgan fingerprint density at radius 2 is 2.04 bits per heavy atom. The van der Waals surface area contributed by atoms with Crippen molar-refractivity contribution in [3.63, 3.8) is 0 Å². The Bertz CT molecular complexity index is 1100. The molecule has 0 aliphatic heterocycles. The second-order valence-corrected chi connectivity index (χ2v) is 8.65. The van der Waals surface area contributed by atoms with Crippen molar-refractivity contribution in [3.8, 4) is 17.1 Å². The molecule has 1 aromatic heterocycles. The Morgan fingerprint density at radius 3 is 2.79 bits per heavy atom. The first kappa shape index (κ1) is 18.6. The predicted octanol–water partition coefficient (Wildman–Crippen LogP) is 1.97. The van der Waals surface area contributed by atoms with E-state index in [1.165, 1.54) is 10.2 Å². The van der Waals surface area contributed by atoms with E-state index in [-0.39, 0.29) is 10.8 Å². The molecule has 2 atom stereocenters. The lowest BCUT2D eigenvalue weighted by Crippen LogP contribution is -2.26. The van der Waals surface area contributed by atoms with Gasteiger partial charge in [-0.05, 0) is 58.5 Å². The highest BCUT2D eigenvalue weighted by atomic mass is 32.2. The second kappa shape index (κ2) is 7.33. The number of aromatic nitrogens is 4. The predicted molar refractivity (Wildman–Crippen MR) is 103 cm³/mol. The van der Waals surface area contributed by atoms with Gasteiger partial charge >= 0.3 is 0 Å². The van der Waals surface area contributed by atoms with E-state index in [2.05, 4.69) is 26.3 Å². The van der Waals surface area contributed by atoms with Crippen molar-refractivity contribution in [3.05, 3.63) is 54.1 Å². The van der Waals surface area contributed by atoms with Gasteiger partial charge in [-0.1, -0.05) is 24.3 Å². The quantitative estimate of drug-likeness (QED) is 0.652. The maximum atomic E-state index is 12.7. The lowest BCUT2D eigenvalue weighted by atomic mass is 10.1. The van der Waals surface area contributed by atoms with E-state index in [9.17, 15) is 8.42 Å². The van der Waals surface area contributed by atoms with Gasteiger partial charge in [-0.3, -0.25) is 0 Å². The third kappa shape index (κ3) is 3.76. The van der Waals surface area contributed by atoms with Gasteiger partial charge in [0.15, 0.2) is 5.82 Å².